The molecule has 5 nitrogen and oxygen atoms in total. The summed E-state index contributed by atoms with van der Waals surface area (Å²) in [5.74, 6) is -0.177. The molecule has 6 heteroatoms. The second-order valence-corrected chi connectivity index (χ2v) is 9.63. The number of amides is 2. The summed E-state index contributed by atoms with van der Waals surface area (Å²) in [5.41, 5.74) is 1.08. The number of ether oxygens (including phenoxy) is 1. The van der Waals surface area contributed by atoms with Crippen LogP contribution in [0.3, 0.4) is 0 Å². The molecular weight excluding hydrogens is 396 g/mol. The van der Waals surface area contributed by atoms with E-state index in [1.54, 1.807) is 16.2 Å². The van der Waals surface area contributed by atoms with Gasteiger partial charge in [-0.3, -0.25) is 9.59 Å². The number of thiophene rings is 1. The van der Waals surface area contributed by atoms with E-state index in [1.807, 2.05) is 49.1 Å². The van der Waals surface area contributed by atoms with Gasteiger partial charge in [0.1, 0.15) is 0 Å². The Kier molecular flexibility index (Phi) is 8.05. The molecule has 2 aromatic rings. The first-order valence-corrected chi connectivity index (χ1v) is 11.5. The van der Waals surface area contributed by atoms with Crippen LogP contribution in [0.2, 0.25) is 0 Å². The second kappa shape index (κ2) is 10.7. The van der Waals surface area contributed by atoms with E-state index < -0.39 is 0 Å². The normalized spacial score (nSPS) is 16.1. The zero-order valence-corrected chi connectivity index (χ0v) is 19.0. The quantitative estimate of drug-likeness (QED) is 0.600. The van der Waals surface area contributed by atoms with E-state index in [0.29, 0.717) is 19.6 Å². The van der Waals surface area contributed by atoms with E-state index in [9.17, 15) is 9.59 Å². The highest BCUT2D eigenvalue weighted by molar-refractivity contribution is 7.11. The molecule has 0 saturated carbocycles. The highest BCUT2D eigenvalue weighted by Gasteiger charge is 2.27. The van der Waals surface area contributed by atoms with E-state index in [1.165, 1.54) is 4.88 Å². The van der Waals surface area contributed by atoms with Crippen LogP contribution in [0.5, 0.6) is 0 Å². The fourth-order valence-corrected chi connectivity index (χ4v) is 4.60. The zero-order valence-electron chi connectivity index (χ0n) is 18.2. The minimum Gasteiger partial charge on any atom is -0.376 e. The van der Waals surface area contributed by atoms with Crippen molar-refractivity contribution >= 4 is 23.2 Å². The third kappa shape index (κ3) is 6.41. The number of nitrogens with zero attached hydrogens (tertiary/aromatic N) is 2. The van der Waals surface area contributed by atoms with Crippen molar-refractivity contribution in [1.29, 1.82) is 0 Å². The maximum Gasteiger partial charge on any atom is 0.242 e. The number of rotatable bonds is 9. The van der Waals surface area contributed by atoms with Gasteiger partial charge in [-0.05, 0) is 37.5 Å². The third-order valence-corrected chi connectivity index (χ3v) is 6.28. The van der Waals surface area contributed by atoms with E-state index >= 15 is 0 Å². The number of hydrogen-bond donors (Lipinski definition) is 0. The SMILES string of the molecule is Cc1ccc(CN(Cc2ccccc2)C(=O)CN(C[C@@H]2CCCO2)C(=O)C(C)C)s1. The number of benzene rings is 1. The van der Waals surface area contributed by atoms with Gasteiger partial charge in [-0.15, -0.1) is 11.3 Å². The smallest absolute Gasteiger partial charge is 0.242 e. The zero-order chi connectivity index (χ0) is 21.5. The Labute approximate surface area is 183 Å². The van der Waals surface area contributed by atoms with E-state index in [2.05, 4.69) is 19.1 Å². The molecule has 0 radical (unpaired) electrons. The molecular formula is C24H32N2O3S. The Balaban J connectivity index is 1.75. The summed E-state index contributed by atoms with van der Waals surface area (Å²) < 4.78 is 5.73. The monoisotopic (exact) mass is 428 g/mol. The highest BCUT2D eigenvalue weighted by Crippen LogP contribution is 2.20. The van der Waals surface area contributed by atoms with E-state index in [0.717, 1.165) is 29.9 Å². The summed E-state index contributed by atoms with van der Waals surface area (Å²) in [6, 6.07) is 14.2. The Hall–Kier alpha value is -2.18. The average molecular weight is 429 g/mol. The van der Waals surface area contributed by atoms with Crippen LogP contribution in [0, 0.1) is 12.8 Å². The van der Waals surface area contributed by atoms with Crippen molar-refractivity contribution in [2.24, 2.45) is 5.92 Å². The minimum atomic E-state index is -0.151. The molecule has 2 amide bonds. The molecule has 1 aliphatic rings. The van der Waals surface area contributed by atoms with Gasteiger partial charge in [-0.1, -0.05) is 44.2 Å². The third-order valence-electron chi connectivity index (χ3n) is 5.29. The first kappa shape index (κ1) is 22.5. The standard InChI is InChI=1S/C24H32N2O3S/c1-18(2)24(28)26(15-21-10-7-13-29-21)17-23(27)25(14-20-8-5-4-6-9-20)16-22-12-11-19(3)30-22/h4-6,8-9,11-12,18,21H,7,10,13-17H2,1-3H3/t21-/m0/s1. The Morgan fingerprint density at radius 2 is 1.87 bits per heavy atom. The molecule has 30 heavy (non-hydrogen) atoms. The molecule has 162 valence electrons. The molecule has 1 fully saturated rings. The lowest BCUT2D eigenvalue weighted by atomic mass is 10.1. The molecule has 1 atom stereocenters. The summed E-state index contributed by atoms with van der Waals surface area (Å²) in [6.45, 7) is 8.23. The molecule has 1 aromatic heterocycles. The van der Waals surface area contributed by atoms with Crippen molar-refractivity contribution in [1.82, 2.24) is 9.80 Å². The molecule has 0 aliphatic carbocycles. The molecule has 0 N–H and O–H groups in total. The second-order valence-electron chi connectivity index (χ2n) is 8.26. The van der Waals surface area contributed by atoms with Crippen molar-refractivity contribution in [2.45, 2.75) is 52.8 Å². The summed E-state index contributed by atoms with van der Waals surface area (Å²) in [7, 11) is 0. The van der Waals surface area contributed by atoms with Crippen LogP contribution in [0.4, 0.5) is 0 Å². The molecule has 0 unspecified atom stereocenters. The van der Waals surface area contributed by atoms with Gasteiger partial charge in [0.15, 0.2) is 0 Å². The fraction of sp³-hybridized carbons (Fsp3) is 0.500. The first-order chi connectivity index (χ1) is 14.4. The van der Waals surface area contributed by atoms with Crippen LogP contribution in [-0.2, 0) is 27.4 Å². The van der Waals surface area contributed by atoms with Crippen LogP contribution in [-0.4, -0.2) is 47.4 Å². The van der Waals surface area contributed by atoms with Crippen molar-refractivity contribution in [2.75, 3.05) is 19.7 Å². The van der Waals surface area contributed by atoms with Gasteiger partial charge >= 0.3 is 0 Å². The summed E-state index contributed by atoms with van der Waals surface area (Å²) >= 11 is 1.71. The van der Waals surface area contributed by atoms with Crippen LogP contribution in [0.15, 0.2) is 42.5 Å². The van der Waals surface area contributed by atoms with Crippen molar-refractivity contribution in [3.63, 3.8) is 0 Å². The maximum absolute atomic E-state index is 13.4. The number of hydrogen-bond acceptors (Lipinski definition) is 4. The summed E-state index contributed by atoms with van der Waals surface area (Å²) in [4.78, 5) is 32.1. The topological polar surface area (TPSA) is 49.9 Å². The van der Waals surface area contributed by atoms with Crippen molar-refractivity contribution < 1.29 is 14.3 Å². The molecule has 2 heterocycles. The van der Waals surface area contributed by atoms with Crippen LogP contribution < -0.4 is 0 Å². The number of carbonyl (C=O) groups is 2. The van der Waals surface area contributed by atoms with Gasteiger partial charge in [0.05, 0.1) is 19.2 Å². The number of aryl methyl sites for hydroxylation is 1. The fourth-order valence-electron chi connectivity index (χ4n) is 3.69. The number of carbonyl (C=O) groups excluding carboxylic acids is 2. The van der Waals surface area contributed by atoms with Gasteiger partial charge in [0.2, 0.25) is 11.8 Å². The Morgan fingerprint density at radius 1 is 1.10 bits per heavy atom. The van der Waals surface area contributed by atoms with Gasteiger partial charge in [0, 0.05) is 35.4 Å². The van der Waals surface area contributed by atoms with Gasteiger partial charge in [-0.25, -0.2) is 0 Å². The van der Waals surface area contributed by atoms with Crippen LogP contribution in [0.25, 0.3) is 0 Å². The van der Waals surface area contributed by atoms with Crippen molar-refractivity contribution in [3.05, 3.63) is 57.8 Å². The lowest BCUT2D eigenvalue weighted by Gasteiger charge is -2.30. The van der Waals surface area contributed by atoms with Gasteiger partial charge in [-0.2, -0.15) is 0 Å². The van der Waals surface area contributed by atoms with E-state index in [-0.39, 0.29) is 30.4 Å². The molecule has 1 aromatic carbocycles. The highest BCUT2D eigenvalue weighted by atomic mass is 32.1. The molecule has 0 spiro atoms. The Morgan fingerprint density at radius 3 is 2.47 bits per heavy atom. The first-order valence-electron chi connectivity index (χ1n) is 10.7. The van der Waals surface area contributed by atoms with Gasteiger partial charge < -0.3 is 14.5 Å². The predicted molar refractivity (Wildman–Crippen MR) is 120 cm³/mol. The summed E-state index contributed by atoms with van der Waals surface area (Å²) in [6.07, 6.45) is 1.99. The molecule has 1 saturated heterocycles. The predicted octanol–water partition coefficient (Wildman–Crippen LogP) is 4.25. The van der Waals surface area contributed by atoms with Gasteiger partial charge in [0.25, 0.3) is 0 Å². The van der Waals surface area contributed by atoms with Crippen LogP contribution in [0.1, 0.15) is 42.0 Å². The Bertz CT molecular complexity index is 828. The van der Waals surface area contributed by atoms with E-state index in [4.69, 9.17) is 4.74 Å². The molecule has 3 rings (SSSR count). The molecule has 0 bridgehead atoms. The summed E-state index contributed by atoms with van der Waals surface area (Å²) in [5, 5.41) is 0. The van der Waals surface area contributed by atoms with Crippen molar-refractivity contribution in [3.8, 4) is 0 Å². The largest absolute Gasteiger partial charge is 0.376 e. The lowest BCUT2D eigenvalue weighted by molar-refractivity contribution is -0.144. The maximum atomic E-state index is 13.4. The van der Waals surface area contributed by atoms with Crippen LogP contribution >= 0.6 is 11.3 Å². The minimum absolute atomic E-state index is 0.00507. The lowest BCUT2D eigenvalue weighted by Crippen LogP contribution is -2.46. The average Bonchev–Trinajstić information content (AvgIpc) is 3.38. The molecule has 1 aliphatic heterocycles.